The molecule has 6 aromatic rings. The molecular formula is C37H34N4O5. The van der Waals surface area contributed by atoms with Crippen molar-refractivity contribution in [3.63, 3.8) is 0 Å². The second kappa shape index (κ2) is 12.1. The number of para-hydroxylation sites is 2. The van der Waals surface area contributed by atoms with Crippen molar-refractivity contribution in [2.24, 2.45) is 0 Å². The van der Waals surface area contributed by atoms with Crippen molar-refractivity contribution in [2.45, 2.75) is 38.6 Å². The minimum atomic E-state index is -0.351. The first kappa shape index (κ1) is 28.5. The smallest absolute Gasteiger partial charge is 0.337 e. The van der Waals surface area contributed by atoms with Gasteiger partial charge in [-0.15, -0.1) is 0 Å². The average Bonchev–Trinajstić information content (AvgIpc) is 3.63. The van der Waals surface area contributed by atoms with Crippen LogP contribution in [0.25, 0.3) is 38.5 Å². The van der Waals surface area contributed by atoms with Gasteiger partial charge in [0.2, 0.25) is 5.88 Å². The number of nitrogens with zero attached hydrogens (tertiary/aromatic N) is 4. The summed E-state index contributed by atoms with van der Waals surface area (Å²) in [5, 5.41) is 2.20. The van der Waals surface area contributed by atoms with Crippen LogP contribution in [0.1, 0.15) is 40.3 Å². The lowest BCUT2D eigenvalue weighted by atomic mass is 10.0. The lowest BCUT2D eigenvalue weighted by Gasteiger charge is -2.29. The maximum absolute atomic E-state index is 12.2. The molecular weight excluding hydrogens is 580 g/mol. The number of benzene rings is 3. The summed E-state index contributed by atoms with van der Waals surface area (Å²) in [6, 6.07) is 25.8. The number of carbonyl (C=O) groups is 1. The zero-order valence-electron chi connectivity index (χ0n) is 25.6. The molecule has 2 aliphatic heterocycles. The molecule has 9 heteroatoms. The molecule has 3 aromatic heterocycles. The van der Waals surface area contributed by atoms with Crippen LogP contribution in [0.2, 0.25) is 0 Å². The van der Waals surface area contributed by atoms with Crippen LogP contribution in [0.5, 0.6) is 5.88 Å². The monoisotopic (exact) mass is 614 g/mol. The molecule has 0 bridgehead atoms. The highest BCUT2D eigenvalue weighted by atomic mass is 16.5. The number of carbonyl (C=O) groups excluding carboxylic acids is 1. The van der Waals surface area contributed by atoms with Crippen LogP contribution in [0.4, 0.5) is 0 Å². The van der Waals surface area contributed by atoms with E-state index < -0.39 is 0 Å². The Morgan fingerprint density at radius 1 is 1.00 bits per heavy atom. The second-order valence-electron chi connectivity index (χ2n) is 11.9. The summed E-state index contributed by atoms with van der Waals surface area (Å²) < 4.78 is 25.3. The third kappa shape index (κ3) is 5.42. The first-order chi connectivity index (χ1) is 22.6. The predicted octanol–water partition coefficient (Wildman–Crippen LogP) is 6.77. The Morgan fingerprint density at radius 3 is 2.70 bits per heavy atom. The Morgan fingerprint density at radius 2 is 1.87 bits per heavy atom. The standard InChI is InChI=1S/C37H34N4O5/c1-43-37(42)25-12-13-31-32(20-25)41(21-27-16-19-44-27)34(38-31)22-40-17-14-24(15-18-40)30-9-5-11-35(39-30)45-23-26-6-4-8-29-28-7-2-3-10-33(28)46-36(26)29/h2-14,20,27H,15-19,21-23H2,1H3/t27-/m0/s1. The highest BCUT2D eigenvalue weighted by Crippen LogP contribution is 2.32. The quantitative estimate of drug-likeness (QED) is 0.165. The number of ether oxygens (including phenoxy) is 3. The fourth-order valence-electron chi connectivity index (χ4n) is 6.41. The van der Waals surface area contributed by atoms with Crippen molar-refractivity contribution in [1.82, 2.24) is 19.4 Å². The van der Waals surface area contributed by atoms with Crippen LogP contribution in [0.15, 0.2) is 89.4 Å². The summed E-state index contributed by atoms with van der Waals surface area (Å²) >= 11 is 0. The minimum absolute atomic E-state index is 0.165. The molecule has 5 heterocycles. The number of hydrogen-bond acceptors (Lipinski definition) is 8. The normalized spacial score (nSPS) is 16.9. The zero-order valence-corrected chi connectivity index (χ0v) is 25.6. The Labute approximate surface area is 266 Å². The van der Waals surface area contributed by atoms with Crippen molar-refractivity contribution in [1.29, 1.82) is 0 Å². The molecule has 3 aromatic carbocycles. The van der Waals surface area contributed by atoms with Gasteiger partial charge >= 0.3 is 5.97 Å². The van der Waals surface area contributed by atoms with Gasteiger partial charge in [-0.2, -0.15) is 0 Å². The number of hydrogen-bond donors (Lipinski definition) is 0. The van der Waals surface area contributed by atoms with Gasteiger partial charge < -0.3 is 23.2 Å². The van der Waals surface area contributed by atoms with Gasteiger partial charge in [0.1, 0.15) is 23.6 Å². The number of fused-ring (bicyclic) bond motifs is 4. The molecule has 0 N–H and O–H groups in total. The van der Waals surface area contributed by atoms with Gasteiger partial charge in [0.05, 0.1) is 48.6 Å². The Hall–Kier alpha value is -4.99. The summed E-state index contributed by atoms with van der Waals surface area (Å²) in [6.07, 6.45) is 4.31. The number of imidazole rings is 1. The van der Waals surface area contributed by atoms with E-state index in [2.05, 4.69) is 27.7 Å². The average molecular weight is 615 g/mol. The van der Waals surface area contributed by atoms with Crippen LogP contribution in [0.3, 0.4) is 0 Å². The summed E-state index contributed by atoms with van der Waals surface area (Å²) in [4.78, 5) is 24.4. The Kier molecular flexibility index (Phi) is 7.48. The van der Waals surface area contributed by atoms with E-state index >= 15 is 0 Å². The lowest BCUT2D eigenvalue weighted by molar-refractivity contribution is -0.0591. The number of methoxy groups -OCH3 is 1. The van der Waals surface area contributed by atoms with Crippen LogP contribution < -0.4 is 4.74 Å². The maximum Gasteiger partial charge on any atom is 0.337 e. The minimum Gasteiger partial charge on any atom is -0.473 e. The van der Waals surface area contributed by atoms with E-state index in [9.17, 15) is 4.79 Å². The molecule has 0 radical (unpaired) electrons. The van der Waals surface area contributed by atoms with Gasteiger partial charge in [0, 0.05) is 42.1 Å². The predicted molar refractivity (Wildman–Crippen MR) is 176 cm³/mol. The number of rotatable bonds is 9. The Balaban J connectivity index is 0.969. The van der Waals surface area contributed by atoms with Crippen molar-refractivity contribution < 1.29 is 23.4 Å². The molecule has 2 aliphatic rings. The van der Waals surface area contributed by atoms with Crippen LogP contribution >= 0.6 is 0 Å². The highest BCUT2D eigenvalue weighted by molar-refractivity contribution is 6.05. The molecule has 9 nitrogen and oxygen atoms in total. The molecule has 0 unspecified atom stereocenters. The molecule has 1 saturated heterocycles. The molecule has 0 aliphatic carbocycles. The van der Waals surface area contributed by atoms with Crippen molar-refractivity contribution in [3.05, 3.63) is 108 Å². The molecule has 0 saturated carbocycles. The van der Waals surface area contributed by atoms with Gasteiger partial charge in [0.25, 0.3) is 0 Å². The molecule has 46 heavy (non-hydrogen) atoms. The SMILES string of the molecule is COC(=O)c1ccc2nc(CN3CC=C(c4cccc(OCc5cccc6c5oc5ccccc56)n4)CC3)n(C[C@@H]3CCO3)c2c1. The van der Waals surface area contributed by atoms with Crippen LogP contribution in [0, 0.1) is 0 Å². The van der Waals surface area contributed by atoms with Gasteiger partial charge in [-0.3, -0.25) is 4.90 Å². The van der Waals surface area contributed by atoms with Gasteiger partial charge in [-0.1, -0.05) is 48.5 Å². The molecule has 0 spiro atoms. The van der Waals surface area contributed by atoms with Crippen LogP contribution in [-0.2, 0) is 29.2 Å². The van der Waals surface area contributed by atoms with Gasteiger partial charge in [-0.25, -0.2) is 14.8 Å². The van der Waals surface area contributed by atoms with E-state index in [1.807, 2.05) is 60.7 Å². The van der Waals surface area contributed by atoms with E-state index in [1.165, 1.54) is 12.7 Å². The lowest BCUT2D eigenvalue weighted by Crippen LogP contribution is -2.33. The maximum atomic E-state index is 12.2. The van der Waals surface area contributed by atoms with Crippen LogP contribution in [-0.4, -0.2) is 58.3 Å². The summed E-state index contributed by atoms with van der Waals surface area (Å²) in [7, 11) is 1.40. The third-order valence-electron chi connectivity index (χ3n) is 9.00. The fourth-order valence-corrected chi connectivity index (χ4v) is 6.41. The number of esters is 1. The molecule has 1 fully saturated rings. The Bertz CT molecular complexity index is 2110. The number of pyridine rings is 1. The second-order valence-corrected chi connectivity index (χ2v) is 11.9. The summed E-state index contributed by atoms with van der Waals surface area (Å²) in [6.45, 7) is 4.23. The largest absolute Gasteiger partial charge is 0.473 e. The molecule has 8 rings (SSSR count). The first-order valence-corrected chi connectivity index (χ1v) is 15.7. The fraction of sp³-hybridized carbons (Fsp3) is 0.270. The van der Waals surface area contributed by atoms with E-state index in [4.69, 9.17) is 28.6 Å². The van der Waals surface area contributed by atoms with E-state index in [0.717, 1.165) is 82.6 Å². The number of aromatic nitrogens is 3. The molecule has 232 valence electrons. The number of furan rings is 1. The topological polar surface area (TPSA) is 91.9 Å². The summed E-state index contributed by atoms with van der Waals surface area (Å²) in [5.41, 5.74) is 7.18. The van der Waals surface area contributed by atoms with Crippen molar-refractivity contribution >= 4 is 44.5 Å². The zero-order chi connectivity index (χ0) is 31.0. The van der Waals surface area contributed by atoms with Crippen molar-refractivity contribution in [2.75, 3.05) is 26.8 Å². The van der Waals surface area contributed by atoms with E-state index in [0.29, 0.717) is 31.1 Å². The van der Waals surface area contributed by atoms with Crippen molar-refractivity contribution in [3.8, 4) is 5.88 Å². The molecule has 0 amide bonds. The van der Waals surface area contributed by atoms with Gasteiger partial charge in [0.15, 0.2) is 0 Å². The highest BCUT2D eigenvalue weighted by Gasteiger charge is 2.24. The third-order valence-corrected chi connectivity index (χ3v) is 9.00. The summed E-state index contributed by atoms with van der Waals surface area (Å²) in [5.74, 6) is 1.21. The molecule has 1 atom stereocenters. The first-order valence-electron chi connectivity index (χ1n) is 15.7. The van der Waals surface area contributed by atoms with E-state index in [1.54, 1.807) is 6.07 Å². The van der Waals surface area contributed by atoms with E-state index in [-0.39, 0.29) is 12.1 Å². The van der Waals surface area contributed by atoms with Gasteiger partial charge in [-0.05, 0) is 48.7 Å².